The number of hydrogen-bond acceptors (Lipinski definition) is 3. The van der Waals surface area contributed by atoms with Crippen molar-refractivity contribution >= 4 is 27.3 Å². The summed E-state index contributed by atoms with van der Waals surface area (Å²) in [4.78, 5) is 4.93. The lowest BCUT2D eigenvalue weighted by Crippen LogP contribution is -2.17. The highest BCUT2D eigenvalue weighted by Gasteiger charge is 2.26. The minimum Gasteiger partial charge on any atom is -0.387 e. The molecule has 1 unspecified atom stereocenters. The first kappa shape index (κ1) is 10.2. The molecule has 0 spiro atoms. The van der Waals surface area contributed by atoms with Gasteiger partial charge < -0.3 is 5.11 Å². The van der Waals surface area contributed by atoms with Crippen LogP contribution in [0.3, 0.4) is 0 Å². The van der Waals surface area contributed by atoms with Crippen LogP contribution in [-0.4, -0.2) is 10.1 Å². The van der Waals surface area contributed by atoms with Crippen molar-refractivity contribution in [1.82, 2.24) is 4.98 Å². The van der Waals surface area contributed by atoms with E-state index in [1.165, 1.54) is 11.3 Å². The largest absolute Gasteiger partial charge is 0.387 e. The second-order valence-electron chi connectivity index (χ2n) is 3.78. The minimum absolute atomic E-state index is 0.130. The smallest absolute Gasteiger partial charge is 0.122 e. The van der Waals surface area contributed by atoms with E-state index in [0.717, 1.165) is 9.48 Å². The molecule has 0 amide bonds. The summed E-state index contributed by atoms with van der Waals surface area (Å²) < 4.78 is 0.759. The van der Waals surface area contributed by atoms with Crippen LogP contribution >= 0.6 is 27.3 Å². The Kier molecular flexibility index (Phi) is 2.91. The van der Waals surface area contributed by atoms with Gasteiger partial charge in [-0.25, -0.2) is 4.98 Å². The predicted octanol–water partition coefficient (Wildman–Crippen LogP) is 2.99. The molecule has 12 heavy (non-hydrogen) atoms. The molecule has 1 atom stereocenters. The fraction of sp³-hybridized carbons (Fsp3) is 0.625. The Balaban J connectivity index is 2.92. The van der Waals surface area contributed by atoms with Crippen LogP contribution in [0.15, 0.2) is 10.1 Å². The summed E-state index contributed by atoms with van der Waals surface area (Å²) in [7, 11) is 0. The highest BCUT2D eigenvalue weighted by Crippen LogP contribution is 2.37. The van der Waals surface area contributed by atoms with E-state index < -0.39 is 6.10 Å². The van der Waals surface area contributed by atoms with Gasteiger partial charge in [-0.05, 0) is 21.3 Å². The fourth-order valence-corrected chi connectivity index (χ4v) is 2.45. The topological polar surface area (TPSA) is 33.1 Å². The maximum Gasteiger partial charge on any atom is 0.122 e. The maximum atomic E-state index is 9.87. The molecule has 0 aliphatic rings. The van der Waals surface area contributed by atoms with Crippen molar-refractivity contribution in [2.24, 2.45) is 5.41 Å². The van der Waals surface area contributed by atoms with Crippen molar-refractivity contribution in [2.75, 3.05) is 0 Å². The van der Waals surface area contributed by atoms with Crippen LogP contribution in [0.1, 0.15) is 31.8 Å². The molecule has 0 saturated carbocycles. The molecule has 0 saturated heterocycles. The van der Waals surface area contributed by atoms with Gasteiger partial charge >= 0.3 is 0 Å². The summed E-state index contributed by atoms with van der Waals surface area (Å²) >= 11 is 4.78. The van der Waals surface area contributed by atoms with Gasteiger partial charge in [0.2, 0.25) is 0 Å². The van der Waals surface area contributed by atoms with Crippen molar-refractivity contribution < 1.29 is 5.11 Å². The molecule has 0 aliphatic carbocycles. The van der Waals surface area contributed by atoms with Crippen molar-refractivity contribution in [1.29, 1.82) is 0 Å². The van der Waals surface area contributed by atoms with Gasteiger partial charge in [0.05, 0.1) is 16.5 Å². The Morgan fingerprint density at radius 1 is 1.58 bits per heavy atom. The van der Waals surface area contributed by atoms with Crippen molar-refractivity contribution in [3.05, 3.63) is 15.0 Å². The molecule has 4 heteroatoms. The van der Waals surface area contributed by atoms with Crippen molar-refractivity contribution in [3.63, 3.8) is 0 Å². The molecule has 0 aromatic carbocycles. The molecular formula is C8H12BrNOS. The number of rotatable bonds is 1. The molecule has 0 aliphatic heterocycles. The van der Waals surface area contributed by atoms with Crippen LogP contribution in [0.2, 0.25) is 0 Å². The highest BCUT2D eigenvalue weighted by atomic mass is 79.9. The highest BCUT2D eigenvalue weighted by molar-refractivity contribution is 9.10. The lowest BCUT2D eigenvalue weighted by Gasteiger charge is -2.24. The number of aromatic nitrogens is 1. The number of aliphatic hydroxyl groups is 1. The number of hydrogen-bond donors (Lipinski definition) is 1. The molecule has 2 nitrogen and oxygen atoms in total. The molecule has 0 radical (unpaired) electrons. The van der Waals surface area contributed by atoms with E-state index in [1.807, 2.05) is 20.8 Å². The summed E-state index contributed by atoms with van der Waals surface area (Å²) in [6.45, 7) is 6.01. The van der Waals surface area contributed by atoms with Crippen LogP contribution in [0.4, 0.5) is 0 Å². The first-order valence-electron chi connectivity index (χ1n) is 3.70. The molecule has 1 heterocycles. The normalized spacial score (nSPS) is 14.8. The van der Waals surface area contributed by atoms with Crippen molar-refractivity contribution in [2.45, 2.75) is 26.9 Å². The van der Waals surface area contributed by atoms with Gasteiger partial charge in [0, 0.05) is 0 Å². The standard InChI is InChI=1S/C8H12BrNOS/c1-8(2,3)6(11)5-7(9)10-4-12-5/h4,6,11H,1-3H3. The molecule has 1 rings (SSSR count). The lowest BCUT2D eigenvalue weighted by atomic mass is 9.88. The van der Waals surface area contributed by atoms with Gasteiger partial charge in [-0.2, -0.15) is 0 Å². The van der Waals surface area contributed by atoms with Gasteiger partial charge in [-0.15, -0.1) is 11.3 Å². The van der Waals surface area contributed by atoms with Gasteiger partial charge in [-0.1, -0.05) is 20.8 Å². The Hall–Kier alpha value is 0.0700. The van der Waals surface area contributed by atoms with Gasteiger partial charge in [0.1, 0.15) is 4.60 Å². The molecule has 0 bridgehead atoms. The predicted molar refractivity (Wildman–Crippen MR) is 54.2 cm³/mol. The average Bonchev–Trinajstić information content (AvgIpc) is 2.31. The number of nitrogens with zero attached hydrogens (tertiary/aromatic N) is 1. The fourth-order valence-electron chi connectivity index (χ4n) is 0.812. The molecule has 1 aromatic heterocycles. The van der Waals surface area contributed by atoms with Gasteiger partial charge in [0.25, 0.3) is 0 Å². The van der Waals surface area contributed by atoms with E-state index in [1.54, 1.807) is 5.51 Å². The molecule has 1 aromatic rings. The second-order valence-corrected chi connectivity index (χ2v) is 5.41. The quantitative estimate of drug-likeness (QED) is 0.831. The number of aliphatic hydroxyl groups excluding tert-OH is 1. The Bertz CT molecular complexity index is 266. The van der Waals surface area contributed by atoms with Crippen molar-refractivity contribution in [3.8, 4) is 0 Å². The third-order valence-corrected chi connectivity index (χ3v) is 3.39. The van der Waals surface area contributed by atoms with Gasteiger partial charge in [0.15, 0.2) is 0 Å². The lowest BCUT2D eigenvalue weighted by molar-refractivity contribution is 0.0650. The zero-order chi connectivity index (χ0) is 9.35. The Morgan fingerprint density at radius 2 is 2.17 bits per heavy atom. The molecule has 1 N–H and O–H groups in total. The summed E-state index contributed by atoms with van der Waals surface area (Å²) in [5.41, 5.74) is 1.60. The summed E-state index contributed by atoms with van der Waals surface area (Å²) in [6, 6.07) is 0. The van der Waals surface area contributed by atoms with E-state index >= 15 is 0 Å². The molecule has 68 valence electrons. The van der Waals surface area contributed by atoms with Crippen LogP contribution in [-0.2, 0) is 0 Å². The van der Waals surface area contributed by atoms with E-state index in [4.69, 9.17) is 0 Å². The monoisotopic (exact) mass is 249 g/mol. The maximum absolute atomic E-state index is 9.87. The average molecular weight is 250 g/mol. The summed E-state index contributed by atoms with van der Waals surface area (Å²) in [5, 5.41) is 9.87. The van der Waals surface area contributed by atoms with Crippen LogP contribution in [0.25, 0.3) is 0 Å². The van der Waals surface area contributed by atoms with E-state index in [2.05, 4.69) is 20.9 Å². The summed E-state index contributed by atoms with van der Waals surface area (Å²) in [5.74, 6) is 0. The third kappa shape index (κ3) is 2.06. The SMILES string of the molecule is CC(C)(C)C(O)c1scnc1Br. The molecular weight excluding hydrogens is 238 g/mol. The summed E-state index contributed by atoms with van der Waals surface area (Å²) in [6.07, 6.45) is -0.445. The van der Waals surface area contributed by atoms with E-state index in [0.29, 0.717) is 0 Å². The Morgan fingerprint density at radius 3 is 2.50 bits per heavy atom. The Labute approximate surface area is 84.8 Å². The zero-order valence-electron chi connectivity index (χ0n) is 7.34. The number of thiazole rings is 1. The van der Waals surface area contributed by atoms with Crippen LogP contribution in [0.5, 0.6) is 0 Å². The first-order chi connectivity index (χ1) is 5.43. The van der Waals surface area contributed by atoms with Crippen LogP contribution < -0.4 is 0 Å². The first-order valence-corrected chi connectivity index (χ1v) is 5.37. The number of halogens is 1. The minimum atomic E-state index is -0.445. The zero-order valence-corrected chi connectivity index (χ0v) is 9.74. The van der Waals surface area contributed by atoms with Gasteiger partial charge in [-0.3, -0.25) is 0 Å². The van der Waals surface area contributed by atoms with E-state index in [-0.39, 0.29) is 5.41 Å². The van der Waals surface area contributed by atoms with E-state index in [9.17, 15) is 5.11 Å². The van der Waals surface area contributed by atoms with Crippen LogP contribution in [0, 0.1) is 5.41 Å². The second kappa shape index (κ2) is 3.44. The molecule has 0 fully saturated rings. The third-order valence-electron chi connectivity index (χ3n) is 1.62.